The molecule has 0 fully saturated rings. The average molecular weight is 274 g/mol. The van der Waals surface area contributed by atoms with Gasteiger partial charge in [-0.05, 0) is 19.1 Å². The molecule has 0 radical (unpaired) electrons. The van der Waals surface area contributed by atoms with E-state index in [4.69, 9.17) is 15.2 Å². The van der Waals surface area contributed by atoms with Crippen molar-refractivity contribution < 1.29 is 9.47 Å². The molecule has 2 N–H and O–H groups in total. The predicted molar refractivity (Wildman–Crippen MR) is 77.8 cm³/mol. The van der Waals surface area contributed by atoms with Gasteiger partial charge in [0, 0.05) is 41.8 Å². The maximum absolute atomic E-state index is 11.7. The quantitative estimate of drug-likeness (QED) is 0.920. The summed E-state index contributed by atoms with van der Waals surface area (Å²) in [6.07, 6.45) is 1.76. The van der Waals surface area contributed by atoms with Gasteiger partial charge in [0.15, 0.2) is 16.9 Å². The van der Waals surface area contributed by atoms with Gasteiger partial charge in [-0.25, -0.2) is 0 Å². The van der Waals surface area contributed by atoms with Gasteiger partial charge < -0.3 is 19.8 Å². The maximum atomic E-state index is 11.7. The number of nitrogens with zero attached hydrogens (tertiary/aromatic N) is 1. The highest BCUT2D eigenvalue weighted by Crippen LogP contribution is 2.29. The van der Waals surface area contributed by atoms with Crippen LogP contribution in [0.4, 0.5) is 0 Å². The summed E-state index contributed by atoms with van der Waals surface area (Å²) in [6.45, 7) is 2.09. The van der Waals surface area contributed by atoms with Crippen LogP contribution >= 0.6 is 0 Å². The number of nitrogens with two attached hydrogens (primary N) is 1. The molecule has 0 saturated carbocycles. The lowest BCUT2D eigenvalue weighted by atomic mass is 10.2. The Morgan fingerprint density at radius 2 is 1.85 bits per heavy atom. The lowest BCUT2D eigenvalue weighted by Crippen LogP contribution is -2.16. The lowest BCUT2D eigenvalue weighted by Gasteiger charge is -2.15. The topological polar surface area (TPSA) is 66.5 Å². The van der Waals surface area contributed by atoms with Gasteiger partial charge in [-0.15, -0.1) is 0 Å². The number of methoxy groups -OCH3 is 2. The van der Waals surface area contributed by atoms with Crippen LogP contribution in [0.25, 0.3) is 5.69 Å². The largest absolute Gasteiger partial charge is 0.493 e. The smallest absolute Gasteiger partial charge is 0.186 e. The van der Waals surface area contributed by atoms with Crippen LogP contribution in [0, 0.1) is 6.92 Å². The number of hydrogen-bond acceptors (Lipinski definition) is 4. The van der Waals surface area contributed by atoms with Gasteiger partial charge >= 0.3 is 0 Å². The molecule has 106 valence electrons. The van der Waals surface area contributed by atoms with E-state index in [1.807, 2.05) is 29.7 Å². The molecule has 2 rings (SSSR count). The fourth-order valence-corrected chi connectivity index (χ4v) is 2.08. The van der Waals surface area contributed by atoms with Crippen molar-refractivity contribution in [3.63, 3.8) is 0 Å². The first-order chi connectivity index (χ1) is 9.60. The molecule has 2 aromatic rings. The van der Waals surface area contributed by atoms with Crippen molar-refractivity contribution in [3.8, 4) is 17.2 Å². The zero-order chi connectivity index (χ0) is 14.7. The van der Waals surface area contributed by atoms with E-state index in [0.717, 1.165) is 11.4 Å². The molecule has 5 heteroatoms. The van der Waals surface area contributed by atoms with Gasteiger partial charge in [-0.3, -0.25) is 4.79 Å². The monoisotopic (exact) mass is 274 g/mol. The number of ether oxygens (including phenoxy) is 2. The molecular weight excluding hydrogens is 256 g/mol. The molecule has 1 aromatic carbocycles. The summed E-state index contributed by atoms with van der Waals surface area (Å²) >= 11 is 0. The number of aryl methyl sites for hydroxylation is 1. The minimum atomic E-state index is -0.0401. The first-order valence-corrected chi connectivity index (χ1v) is 6.25. The van der Waals surface area contributed by atoms with Crippen molar-refractivity contribution in [1.82, 2.24) is 4.57 Å². The Morgan fingerprint density at radius 3 is 2.45 bits per heavy atom. The van der Waals surface area contributed by atoms with E-state index < -0.39 is 0 Å². The Bertz CT molecular complexity index is 677. The fourth-order valence-electron chi connectivity index (χ4n) is 2.08. The van der Waals surface area contributed by atoms with E-state index in [-0.39, 0.29) is 12.0 Å². The van der Waals surface area contributed by atoms with Gasteiger partial charge in [-0.2, -0.15) is 0 Å². The molecule has 0 amide bonds. The van der Waals surface area contributed by atoms with Crippen molar-refractivity contribution in [1.29, 1.82) is 0 Å². The van der Waals surface area contributed by atoms with Crippen molar-refractivity contribution in [2.75, 3.05) is 14.2 Å². The van der Waals surface area contributed by atoms with Crippen molar-refractivity contribution in [3.05, 3.63) is 51.9 Å². The Morgan fingerprint density at radius 1 is 1.15 bits per heavy atom. The second kappa shape index (κ2) is 5.79. The Hall–Kier alpha value is -2.27. The third-order valence-electron chi connectivity index (χ3n) is 3.19. The number of aromatic nitrogens is 1. The van der Waals surface area contributed by atoms with Crippen LogP contribution in [-0.2, 0) is 6.54 Å². The van der Waals surface area contributed by atoms with Crippen LogP contribution in [0.2, 0.25) is 0 Å². The Kier molecular flexibility index (Phi) is 4.10. The maximum Gasteiger partial charge on any atom is 0.186 e. The third-order valence-corrected chi connectivity index (χ3v) is 3.19. The van der Waals surface area contributed by atoms with Crippen molar-refractivity contribution in [2.24, 2.45) is 5.73 Å². The van der Waals surface area contributed by atoms with Crippen molar-refractivity contribution >= 4 is 0 Å². The molecule has 1 heterocycles. The van der Waals surface area contributed by atoms with Crippen LogP contribution in [-0.4, -0.2) is 18.8 Å². The van der Waals surface area contributed by atoms with E-state index in [1.54, 1.807) is 26.5 Å². The molecule has 0 atom stereocenters. The van der Waals surface area contributed by atoms with E-state index >= 15 is 0 Å². The number of hydrogen-bond donors (Lipinski definition) is 1. The number of pyridine rings is 1. The van der Waals surface area contributed by atoms with Gasteiger partial charge in [0.25, 0.3) is 0 Å². The third kappa shape index (κ3) is 2.53. The van der Waals surface area contributed by atoms with Gasteiger partial charge in [-0.1, -0.05) is 0 Å². The average Bonchev–Trinajstić information content (AvgIpc) is 2.46. The van der Waals surface area contributed by atoms with E-state index in [0.29, 0.717) is 17.1 Å². The second-order valence-electron chi connectivity index (χ2n) is 4.42. The highest BCUT2D eigenvalue weighted by atomic mass is 16.5. The van der Waals surface area contributed by atoms with E-state index in [2.05, 4.69) is 0 Å². The number of rotatable bonds is 4. The molecular formula is C15H18N2O3. The lowest BCUT2D eigenvalue weighted by molar-refractivity contribution is 0.355. The summed E-state index contributed by atoms with van der Waals surface area (Å²) in [5, 5.41) is 0. The van der Waals surface area contributed by atoms with Gasteiger partial charge in [0.2, 0.25) is 0 Å². The molecule has 0 saturated heterocycles. The normalized spacial score (nSPS) is 10.4. The fraction of sp³-hybridized carbons (Fsp3) is 0.267. The molecule has 1 aromatic heterocycles. The summed E-state index contributed by atoms with van der Waals surface area (Å²) in [4.78, 5) is 11.7. The highest BCUT2D eigenvalue weighted by molar-refractivity contribution is 5.49. The molecule has 0 unspecified atom stereocenters. The standard InChI is InChI=1S/C15H18N2O3/c1-10-6-13(18)11(8-16)9-17(10)12-4-5-14(19-2)15(7-12)20-3/h4-7,9H,8,16H2,1-3H3. The predicted octanol–water partition coefficient (Wildman–Crippen LogP) is 1.62. The summed E-state index contributed by atoms with van der Waals surface area (Å²) in [7, 11) is 3.18. The molecule has 5 nitrogen and oxygen atoms in total. The summed E-state index contributed by atoms with van der Waals surface area (Å²) < 4.78 is 12.4. The summed E-state index contributed by atoms with van der Waals surface area (Å²) in [5.41, 5.74) is 7.84. The second-order valence-corrected chi connectivity index (χ2v) is 4.42. The van der Waals surface area contributed by atoms with Crippen LogP contribution in [0.5, 0.6) is 11.5 Å². The zero-order valence-corrected chi connectivity index (χ0v) is 11.8. The molecule has 20 heavy (non-hydrogen) atoms. The molecule has 0 spiro atoms. The van der Waals surface area contributed by atoms with Crippen LogP contribution < -0.4 is 20.6 Å². The minimum absolute atomic E-state index is 0.0401. The van der Waals surface area contributed by atoms with Crippen LogP contribution in [0.1, 0.15) is 11.3 Å². The van der Waals surface area contributed by atoms with Crippen LogP contribution in [0.3, 0.4) is 0 Å². The molecule has 0 bridgehead atoms. The van der Waals surface area contributed by atoms with Crippen molar-refractivity contribution in [2.45, 2.75) is 13.5 Å². The van der Waals surface area contributed by atoms with Gasteiger partial charge in [0.1, 0.15) is 0 Å². The van der Waals surface area contributed by atoms with E-state index in [9.17, 15) is 4.79 Å². The summed E-state index contributed by atoms with van der Waals surface area (Å²) in [6, 6.07) is 7.17. The zero-order valence-electron chi connectivity index (χ0n) is 11.8. The highest BCUT2D eigenvalue weighted by Gasteiger charge is 2.08. The van der Waals surface area contributed by atoms with Gasteiger partial charge in [0.05, 0.1) is 14.2 Å². The summed E-state index contributed by atoms with van der Waals surface area (Å²) in [5.74, 6) is 1.30. The molecule has 0 aliphatic heterocycles. The SMILES string of the molecule is COc1ccc(-n2cc(CN)c(=O)cc2C)cc1OC. The first-order valence-electron chi connectivity index (χ1n) is 6.25. The Balaban J connectivity index is 2.59. The Labute approximate surface area is 117 Å². The minimum Gasteiger partial charge on any atom is -0.493 e. The number of benzene rings is 1. The first kappa shape index (κ1) is 14.1. The molecule has 0 aliphatic carbocycles. The molecule has 0 aliphatic rings. The van der Waals surface area contributed by atoms with Crippen LogP contribution in [0.15, 0.2) is 35.3 Å². The van der Waals surface area contributed by atoms with E-state index in [1.165, 1.54) is 0 Å².